The van der Waals surface area contributed by atoms with Crippen molar-refractivity contribution in [2.75, 3.05) is 11.1 Å². The standard InChI is InChI=1S/C27H32ClN5O2S/c1-5-15-33-25(23(16-18(3)4)30-26(35)20-12-8-9-13-21(20)28)31-32-27(33)36-17-24(34)29-22-14-10-7-11-19(22)6-2/h5,7-14,18,23H,1,6,15-17H2,2-4H3,(H,29,34)(H,30,35)/t23-/m1/s1. The van der Waals surface area contributed by atoms with Gasteiger partial charge in [-0.2, -0.15) is 0 Å². The van der Waals surface area contributed by atoms with E-state index >= 15 is 0 Å². The maximum atomic E-state index is 13.0. The number of hydrogen-bond acceptors (Lipinski definition) is 5. The van der Waals surface area contributed by atoms with Gasteiger partial charge in [-0.1, -0.05) is 80.5 Å². The number of rotatable bonds is 12. The molecular formula is C27H32ClN5O2S. The summed E-state index contributed by atoms with van der Waals surface area (Å²) in [6.45, 7) is 10.5. The van der Waals surface area contributed by atoms with Crippen molar-refractivity contribution < 1.29 is 9.59 Å². The van der Waals surface area contributed by atoms with Crippen LogP contribution in [0, 0.1) is 5.92 Å². The van der Waals surface area contributed by atoms with Gasteiger partial charge >= 0.3 is 0 Å². The first-order valence-corrected chi connectivity index (χ1v) is 13.3. The first-order chi connectivity index (χ1) is 17.3. The zero-order valence-corrected chi connectivity index (χ0v) is 22.4. The Morgan fingerprint density at radius 2 is 1.86 bits per heavy atom. The fourth-order valence-corrected chi connectivity index (χ4v) is 4.79. The second-order valence-corrected chi connectivity index (χ2v) is 10.1. The topological polar surface area (TPSA) is 88.9 Å². The number of aryl methyl sites for hydroxylation is 1. The molecule has 0 aliphatic rings. The smallest absolute Gasteiger partial charge is 0.253 e. The lowest BCUT2D eigenvalue weighted by atomic mass is 10.0. The molecule has 7 nitrogen and oxygen atoms in total. The lowest BCUT2D eigenvalue weighted by molar-refractivity contribution is -0.113. The highest BCUT2D eigenvalue weighted by Gasteiger charge is 2.25. The molecule has 9 heteroatoms. The fraction of sp³-hybridized carbons (Fsp3) is 0.333. The van der Waals surface area contributed by atoms with Crippen LogP contribution in [-0.2, 0) is 17.8 Å². The minimum atomic E-state index is -0.388. The molecule has 0 saturated carbocycles. The van der Waals surface area contributed by atoms with Crippen LogP contribution in [0.15, 0.2) is 66.3 Å². The zero-order chi connectivity index (χ0) is 26.1. The molecule has 3 rings (SSSR count). The number of nitrogens with one attached hydrogen (secondary N) is 2. The number of benzene rings is 2. The Bertz CT molecular complexity index is 1210. The monoisotopic (exact) mass is 525 g/mol. The molecule has 0 saturated heterocycles. The predicted octanol–water partition coefficient (Wildman–Crippen LogP) is 5.93. The van der Waals surface area contributed by atoms with Gasteiger partial charge in [0.25, 0.3) is 5.91 Å². The fourth-order valence-electron chi connectivity index (χ4n) is 3.81. The number of para-hydroxylation sites is 1. The van der Waals surface area contributed by atoms with Crippen molar-refractivity contribution in [3.05, 3.63) is 83.2 Å². The Balaban J connectivity index is 1.78. The van der Waals surface area contributed by atoms with Gasteiger partial charge in [-0.25, -0.2) is 0 Å². The summed E-state index contributed by atoms with van der Waals surface area (Å²) in [7, 11) is 0. The number of carbonyl (C=O) groups is 2. The molecule has 0 aliphatic heterocycles. The van der Waals surface area contributed by atoms with Gasteiger partial charge in [0.15, 0.2) is 11.0 Å². The molecule has 3 aromatic rings. The molecule has 2 amide bonds. The summed E-state index contributed by atoms with van der Waals surface area (Å²) in [6.07, 6.45) is 3.24. The van der Waals surface area contributed by atoms with Gasteiger partial charge in [-0.05, 0) is 42.5 Å². The van der Waals surface area contributed by atoms with E-state index in [0.29, 0.717) is 34.5 Å². The highest BCUT2D eigenvalue weighted by atomic mass is 35.5. The van der Waals surface area contributed by atoms with Crippen LogP contribution in [-0.4, -0.2) is 32.3 Å². The number of thioether (sulfide) groups is 1. The summed E-state index contributed by atoms with van der Waals surface area (Å²) in [5.41, 5.74) is 2.30. The number of carbonyl (C=O) groups excluding carboxylic acids is 2. The molecule has 2 N–H and O–H groups in total. The Morgan fingerprint density at radius 1 is 1.14 bits per heavy atom. The maximum Gasteiger partial charge on any atom is 0.253 e. The molecule has 0 fully saturated rings. The van der Waals surface area contributed by atoms with E-state index < -0.39 is 0 Å². The van der Waals surface area contributed by atoms with Crippen molar-refractivity contribution in [3.8, 4) is 0 Å². The third-order valence-electron chi connectivity index (χ3n) is 5.50. The first-order valence-electron chi connectivity index (χ1n) is 11.9. The van der Waals surface area contributed by atoms with Crippen LogP contribution in [0.3, 0.4) is 0 Å². The van der Waals surface area contributed by atoms with Crippen LogP contribution in [0.2, 0.25) is 5.02 Å². The number of anilines is 1. The number of nitrogens with zero attached hydrogens (tertiary/aromatic N) is 3. The van der Waals surface area contributed by atoms with Crippen LogP contribution in [0.5, 0.6) is 0 Å². The predicted molar refractivity (Wildman–Crippen MR) is 147 cm³/mol. The highest BCUT2D eigenvalue weighted by molar-refractivity contribution is 7.99. The minimum absolute atomic E-state index is 0.124. The average molecular weight is 526 g/mol. The second-order valence-electron chi connectivity index (χ2n) is 8.72. The maximum absolute atomic E-state index is 13.0. The number of aromatic nitrogens is 3. The first kappa shape index (κ1) is 27.5. The molecular weight excluding hydrogens is 494 g/mol. The van der Waals surface area contributed by atoms with E-state index in [1.54, 1.807) is 30.3 Å². The molecule has 1 heterocycles. The Hall–Kier alpha value is -3.10. The third kappa shape index (κ3) is 7.21. The molecule has 1 aromatic heterocycles. The van der Waals surface area contributed by atoms with Crippen molar-refractivity contribution in [1.82, 2.24) is 20.1 Å². The van der Waals surface area contributed by atoms with E-state index in [2.05, 4.69) is 48.2 Å². The third-order valence-corrected chi connectivity index (χ3v) is 6.80. The minimum Gasteiger partial charge on any atom is -0.342 e. The molecule has 0 unspecified atom stereocenters. The number of hydrogen-bond donors (Lipinski definition) is 2. The van der Waals surface area contributed by atoms with Gasteiger partial charge in [0, 0.05) is 12.2 Å². The van der Waals surface area contributed by atoms with E-state index in [-0.39, 0.29) is 29.5 Å². The van der Waals surface area contributed by atoms with Crippen LogP contribution < -0.4 is 10.6 Å². The Morgan fingerprint density at radius 3 is 2.56 bits per heavy atom. The van der Waals surface area contributed by atoms with Crippen LogP contribution in [0.4, 0.5) is 5.69 Å². The van der Waals surface area contributed by atoms with Gasteiger partial charge in [0.1, 0.15) is 0 Å². The van der Waals surface area contributed by atoms with E-state index in [4.69, 9.17) is 11.6 Å². The van der Waals surface area contributed by atoms with Gasteiger partial charge in [-0.3, -0.25) is 9.59 Å². The number of halogens is 1. The zero-order valence-electron chi connectivity index (χ0n) is 20.8. The molecule has 0 bridgehead atoms. The largest absolute Gasteiger partial charge is 0.342 e. The normalized spacial score (nSPS) is 11.8. The quantitative estimate of drug-likeness (QED) is 0.226. The summed E-state index contributed by atoms with van der Waals surface area (Å²) in [6, 6.07) is 14.3. The van der Waals surface area contributed by atoms with Gasteiger partial charge < -0.3 is 15.2 Å². The summed E-state index contributed by atoms with van der Waals surface area (Å²) in [5, 5.41) is 15.8. The SMILES string of the molecule is C=CCn1c(SCC(=O)Nc2ccccc2CC)nnc1[C@@H](CC(C)C)NC(=O)c1ccccc1Cl. The van der Waals surface area contributed by atoms with Crippen LogP contribution in [0.25, 0.3) is 0 Å². The van der Waals surface area contributed by atoms with Gasteiger partial charge in [0.2, 0.25) is 5.91 Å². The van der Waals surface area contributed by atoms with E-state index in [9.17, 15) is 9.59 Å². The summed E-state index contributed by atoms with van der Waals surface area (Å²) in [4.78, 5) is 25.7. The summed E-state index contributed by atoms with van der Waals surface area (Å²) >= 11 is 7.54. The van der Waals surface area contributed by atoms with E-state index in [1.165, 1.54) is 11.8 Å². The van der Waals surface area contributed by atoms with E-state index in [1.807, 2.05) is 28.8 Å². The van der Waals surface area contributed by atoms with Crippen LogP contribution in [0.1, 0.15) is 55.0 Å². The lowest BCUT2D eigenvalue weighted by Crippen LogP contribution is -2.32. The van der Waals surface area contributed by atoms with Crippen molar-refractivity contribution in [3.63, 3.8) is 0 Å². The van der Waals surface area contributed by atoms with Crippen molar-refractivity contribution in [2.24, 2.45) is 5.92 Å². The Labute approximate surface area is 221 Å². The molecule has 190 valence electrons. The summed E-state index contributed by atoms with van der Waals surface area (Å²) < 4.78 is 1.89. The molecule has 0 spiro atoms. The highest BCUT2D eigenvalue weighted by Crippen LogP contribution is 2.26. The lowest BCUT2D eigenvalue weighted by Gasteiger charge is -2.21. The van der Waals surface area contributed by atoms with Gasteiger partial charge in [-0.15, -0.1) is 16.8 Å². The van der Waals surface area contributed by atoms with Crippen molar-refractivity contribution >= 4 is 40.9 Å². The molecule has 0 radical (unpaired) electrons. The van der Waals surface area contributed by atoms with Crippen molar-refractivity contribution in [2.45, 2.75) is 51.4 Å². The Kier molecular flexibility index (Phi) is 10.1. The van der Waals surface area contributed by atoms with Gasteiger partial charge in [0.05, 0.1) is 22.4 Å². The molecule has 36 heavy (non-hydrogen) atoms. The second kappa shape index (κ2) is 13.3. The number of amides is 2. The molecule has 2 aromatic carbocycles. The molecule has 1 atom stereocenters. The molecule has 0 aliphatic carbocycles. The number of allylic oxidation sites excluding steroid dienone is 1. The summed E-state index contributed by atoms with van der Waals surface area (Å²) in [5.74, 6) is 0.678. The van der Waals surface area contributed by atoms with Crippen LogP contribution >= 0.6 is 23.4 Å². The van der Waals surface area contributed by atoms with E-state index in [0.717, 1.165) is 17.7 Å². The van der Waals surface area contributed by atoms with Crippen molar-refractivity contribution in [1.29, 1.82) is 0 Å². The average Bonchev–Trinajstić information content (AvgIpc) is 3.25.